The minimum Gasteiger partial charge on any atom is -0.370 e. The number of nitrogens with one attached hydrogen (secondary N) is 2. The SMILES string of the molecule is CC(C)C[C@H](NC(=O)[C@H]([NH3+])COCc1ccccc1)C(=O)NN. The van der Waals surface area contributed by atoms with E-state index >= 15 is 0 Å². The van der Waals surface area contributed by atoms with Crippen LogP contribution in [0.2, 0.25) is 0 Å². The van der Waals surface area contributed by atoms with Crippen molar-refractivity contribution in [1.82, 2.24) is 10.7 Å². The molecular formula is C16H27N4O3+. The van der Waals surface area contributed by atoms with Crippen molar-refractivity contribution < 1.29 is 20.1 Å². The van der Waals surface area contributed by atoms with Crippen LogP contribution in [0.4, 0.5) is 0 Å². The van der Waals surface area contributed by atoms with E-state index in [4.69, 9.17) is 10.6 Å². The number of hydrogen-bond acceptors (Lipinski definition) is 4. The molecule has 23 heavy (non-hydrogen) atoms. The molecule has 7 N–H and O–H groups in total. The first-order valence-corrected chi connectivity index (χ1v) is 7.69. The monoisotopic (exact) mass is 323 g/mol. The van der Waals surface area contributed by atoms with Gasteiger partial charge in [-0.15, -0.1) is 0 Å². The van der Waals surface area contributed by atoms with Crippen molar-refractivity contribution in [1.29, 1.82) is 0 Å². The number of carbonyl (C=O) groups excluding carboxylic acids is 2. The molecular weight excluding hydrogens is 296 g/mol. The average Bonchev–Trinajstić information content (AvgIpc) is 2.53. The van der Waals surface area contributed by atoms with Crippen LogP contribution in [0.3, 0.4) is 0 Å². The zero-order chi connectivity index (χ0) is 17.2. The van der Waals surface area contributed by atoms with Gasteiger partial charge in [-0.1, -0.05) is 44.2 Å². The van der Waals surface area contributed by atoms with Crippen molar-refractivity contribution in [2.45, 2.75) is 39.0 Å². The van der Waals surface area contributed by atoms with Gasteiger partial charge >= 0.3 is 0 Å². The number of rotatable bonds is 9. The van der Waals surface area contributed by atoms with Gasteiger partial charge < -0.3 is 15.8 Å². The number of ether oxygens (including phenoxy) is 1. The lowest BCUT2D eigenvalue weighted by atomic mass is 10.0. The highest BCUT2D eigenvalue weighted by Gasteiger charge is 2.25. The number of quaternary nitrogens is 1. The molecule has 1 aromatic rings. The fourth-order valence-electron chi connectivity index (χ4n) is 2.06. The second-order valence-electron chi connectivity index (χ2n) is 5.90. The van der Waals surface area contributed by atoms with E-state index in [0.29, 0.717) is 13.0 Å². The fourth-order valence-corrected chi connectivity index (χ4v) is 2.06. The van der Waals surface area contributed by atoms with Crippen LogP contribution in [-0.2, 0) is 20.9 Å². The molecule has 0 spiro atoms. The molecule has 2 atom stereocenters. The summed E-state index contributed by atoms with van der Waals surface area (Å²) in [6, 6.07) is 8.41. The molecule has 0 aliphatic rings. The van der Waals surface area contributed by atoms with Crippen LogP contribution in [0, 0.1) is 5.92 Å². The zero-order valence-electron chi connectivity index (χ0n) is 13.7. The Morgan fingerprint density at radius 1 is 1.22 bits per heavy atom. The Morgan fingerprint density at radius 3 is 2.43 bits per heavy atom. The van der Waals surface area contributed by atoms with Gasteiger partial charge in [0.1, 0.15) is 12.6 Å². The van der Waals surface area contributed by atoms with Crippen LogP contribution in [-0.4, -0.2) is 30.5 Å². The summed E-state index contributed by atoms with van der Waals surface area (Å²) in [5, 5.41) is 2.67. The molecule has 0 aliphatic heterocycles. The molecule has 0 aliphatic carbocycles. The van der Waals surface area contributed by atoms with Crippen LogP contribution in [0.1, 0.15) is 25.8 Å². The molecule has 7 nitrogen and oxygen atoms in total. The van der Waals surface area contributed by atoms with Gasteiger partial charge in [-0.2, -0.15) is 0 Å². The number of amides is 2. The molecule has 0 unspecified atom stereocenters. The van der Waals surface area contributed by atoms with Gasteiger partial charge in [0, 0.05) is 0 Å². The van der Waals surface area contributed by atoms with Crippen LogP contribution in [0.25, 0.3) is 0 Å². The zero-order valence-corrected chi connectivity index (χ0v) is 13.7. The lowest BCUT2D eigenvalue weighted by molar-refractivity contribution is -0.411. The molecule has 0 aromatic heterocycles. The van der Waals surface area contributed by atoms with Crippen molar-refractivity contribution in [3.05, 3.63) is 35.9 Å². The molecule has 0 radical (unpaired) electrons. The summed E-state index contributed by atoms with van der Waals surface area (Å²) in [5.41, 5.74) is 6.89. The number of hydrazine groups is 1. The molecule has 0 fully saturated rings. The molecule has 128 valence electrons. The summed E-state index contributed by atoms with van der Waals surface area (Å²) in [6.07, 6.45) is 0.506. The molecule has 0 saturated carbocycles. The van der Waals surface area contributed by atoms with E-state index in [1.165, 1.54) is 0 Å². The Hall–Kier alpha value is -1.96. The smallest absolute Gasteiger partial charge is 0.281 e. The summed E-state index contributed by atoms with van der Waals surface area (Å²) in [5.74, 6) is 4.66. The highest BCUT2D eigenvalue weighted by atomic mass is 16.5. The van der Waals surface area contributed by atoms with Gasteiger partial charge in [0.25, 0.3) is 11.8 Å². The predicted octanol–water partition coefficient (Wildman–Crippen LogP) is -0.665. The Balaban J connectivity index is 2.43. The second kappa shape index (κ2) is 9.94. The van der Waals surface area contributed by atoms with Crippen LogP contribution in [0.15, 0.2) is 30.3 Å². The maximum absolute atomic E-state index is 12.1. The first kappa shape index (κ1) is 19.1. The maximum Gasteiger partial charge on any atom is 0.281 e. The molecule has 0 heterocycles. The highest BCUT2D eigenvalue weighted by Crippen LogP contribution is 2.05. The molecule has 2 amide bonds. The van der Waals surface area contributed by atoms with Crippen molar-refractivity contribution in [2.75, 3.05) is 6.61 Å². The van der Waals surface area contributed by atoms with Gasteiger partial charge in [0.2, 0.25) is 0 Å². The van der Waals surface area contributed by atoms with Crippen molar-refractivity contribution in [3.63, 3.8) is 0 Å². The summed E-state index contributed by atoms with van der Waals surface area (Å²) in [7, 11) is 0. The van der Waals surface area contributed by atoms with Crippen LogP contribution in [0.5, 0.6) is 0 Å². The van der Waals surface area contributed by atoms with Gasteiger partial charge in [-0.25, -0.2) is 5.84 Å². The van der Waals surface area contributed by atoms with Crippen LogP contribution < -0.4 is 22.3 Å². The van der Waals surface area contributed by atoms with Crippen molar-refractivity contribution >= 4 is 11.8 Å². The Labute approximate surface area is 136 Å². The van der Waals surface area contributed by atoms with E-state index in [-0.39, 0.29) is 18.4 Å². The van der Waals surface area contributed by atoms with E-state index < -0.39 is 18.0 Å². The number of nitrogens with two attached hydrogens (primary N) is 1. The van der Waals surface area contributed by atoms with E-state index in [2.05, 4.69) is 16.5 Å². The first-order valence-electron chi connectivity index (χ1n) is 7.69. The van der Waals surface area contributed by atoms with E-state index in [1.54, 1.807) is 0 Å². The standard InChI is InChI=1S/C16H26N4O3/c1-11(2)8-14(16(22)20-18)19-15(21)13(17)10-23-9-12-6-4-3-5-7-12/h3-7,11,13-14H,8-10,17-18H2,1-2H3,(H,19,21)(H,20,22)/p+1/t13-,14+/m1/s1. The predicted molar refractivity (Wildman–Crippen MR) is 86.5 cm³/mol. The summed E-state index contributed by atoms with van der Waals surface area (Å²) < 4.78 is 5.50. The lowest BCUT2D eigenvalue weighted by Crippen LogP contribution is -2.70. The molecule has 0 saturated heterocycles. The number of benzene rings is 1. The minimum atomic E-state index is -0.661. The number of carbonyl (C=O) groups is 2. The van der Waals surface area contributed by atoms with Gasteiger partial charge in [0.05, 0.1) is 6.61 Å². The Morgan fingerprint density at radius 2 is 1.87 bits per heavy atom. The average molecular weight is 323 g/mol. The summed E-state index contributed by atoms with van der Waals surface area (Å²) in [6.45, 7) is 4.53. The summed E-state index contributed by atoms with van der Waals surface area (Å²) >= 11 is 0. The maximum atomic E-state index is 12.1. The quantitative estimate of drug-likeness (QED) is 0.274. The van der Waals surface area contributed by atoms with Gasteiger partial charge in [-0.3, -0.25) is 15.0 Å². The third kappa shape index (κ3) is 7.23. The van der Waals surface area contributed by atoms with Gasteiger partial charge in [-0.05, 0) is 17.9 Å². The topological polar surface area (TPSA) is 121 Å². The van der Waals surface area contributed by atoms with Crippen molar-refractivity contribution in [2.24, 2.45) is 11.8 Å². The minimum absolute atomic E-state index is 0.180. The molecule has 1 aromatic carbocycles. The van der Waals surface area contributed by atoms with E-state index in [0.717, 1.165) is 5.56 Å². The molecule has 0 bridgehead atoms. The first-order chi connectivity index (χ1) is 10.9. The third-order valence-corrected chi connectivity index (χ3v) is 3.28. The third-order valence-electron chi connectivity index (χ3n) is 3.28. The van der Waals surface area contributed by atoms with Crippen molar-refractivity contribution in [3.8, 4) is 0 Å². The summed E-state index contributed by atoms with van der Waals surface area (Å²) in [4.78, 5) is 23.8. The molecule has 1 rings (SSSR count). The Kier molecular flexibility index (Phi) is 8.25. The fraction of sp³-hybridized carbons (Fsp3) is 0.500. The lowest BCUT2D eigenvalue weighted by Gasteiger charge is -2.20. The van der Waals surface area contributed by atoms with Crippen LogP contribution >= 0.6 is 0 Å². The van der Waals surface area contributed by atoms with E-state index in [1.807, 2.05) is 44.2 Å². The molecule has 7 heteroatoms. The second-order valence-corrected chi connectivity index (χ2v) is 5.90. The Bertz CT molecular complexity index is 493. The van der Waals surface area contributed by atoms with E-state index in [9.17, 15) is 9.59 Å². The number of hydrogen-bond donors (Lipinski definition) is 4. The normalized spacial score (nSPS) is 13.4. The largest absolute Gasteiger partial charge is 0.370 e. The van der Waals surface area contributed by atoms with Gasteiger partial charge in [0.15, 0.2) is 6.04 Å². The highest BCUT2D eigenvalue weighted by molar-refractivity contribution is 5.88.